The molecule has 2 unspecified atom stereocenters. The quantitative estimate of drug-likeness (QED) is 0.548. The minimum Gasteiger partial charge on any atom is -0.298 e. The fourth-order valence-corrected chi connectivity index (χ4v) is 8.10. The molecule has 4 rings (SSSR count). The molecule has 0 amide bonds. The summed E-state index contributed by atoms with van der Waals surface area (Å²) in [6, 6.07) is 0. The van der Waals surface area contributed by atoms with Gasteiger partial charge in [0.05, 0.1) is 5.33 Å². The number of alkyl halides is 1. The summed E-state index contributed by atoms with van der Waals surface area (Å²) in [5.74, 6) is 6.63. The summed E-state index contributed by atoms with van der Waals surface area (Å²) in [6.07, 6.45) is 12.7. The molecule has 0 N–H and O–H groups in total. The van der Waals surface area contributed by atoms with Gasteiger partial charge in [0, 0.05) is 5.92 Å². The van der Waals surface area contributed by atoms with E-state index in [4.69, 9.17) is 0 Å². The first-order valence-electron chi connectivity index (χ1n) is 10.1. The molecule has 130 valence electrons. The lowest BCUT2D eigenvalue weighted by Gasteiger charge is -2.56. The van der Waals surface area contributed by atoms with E-state index in [1.165, 1.54) is 57.8 Å². The molecule has 4 saturated carbocycles. The van der Waals surface area contributed by atoms with E-state index in [-0.39, 0.29) is 0 Å². The Labute approximate surface area is 150 Å². The number of carbonyl (C=O) groups is 1. The highest BCUT2D eigenvalue weighted by atomic mass is 79.9. The van der Waals surface area contributed by atoms with Gasteiger partial charge < -0.3 is 0 Å². The lowest BCUT2D eigenvalue weighted by molar-refractivity contribution is -0.127. The Hall–Kier alpha value is 0.150. The molecule has 23 heavy (non-hydrogen) atoms. The van der Waals surface area contributed by atoms with Crippen molar-refractivity contribution in [2.45, 2.75) is 71.6 Å². The summed E-state index contributed by atoms with van der Waals surface area (Å²) in [4.78, 5) is 12.5. The molecule has 0 saturated heterocycles. The van der Waals surface area contributed by atoms with Gasteiger partial charge in [0.1, 0.15) is 5.78 Å². The normalized spacial score (nSPS) is 52.4. The minimum absolute atomic E-state index is 0.320. The molecule has 8 atom stereocenters. The van der Waals surface area contributed by atoms with E-state index < -0.39 is 0 Å². The van der Waals surface area contributed by atoms with Gasteiger partial charge in [0.25, 0.3) is 0 Å². The monoisotopic (exact) mass is 380 g/mol. The van der Waals surface area contributed by atoms with Gasteiger partial charge >= 0.3 is 0 Å². The summed E-state index contributed by atoms with van der Waals surface area (Å²) in [5, 5.41) is 0.566. The number of Topliss-reactive ketones (excluding diaryl/α,β-unsaturated/α-hetero) is 1. The zero-order valence-electron chi connectivity index (χ0n) is 14.9. The Morgan fingerprint density at radius 3 is 2.57 bits per heavy atom. The van der Waals surface area contributed by atoms with E-state index in [9.17, 15) is 4.79 Å². The van der Waals surface area contributed by atoms with Crippen LogP contribution in [-0.2, 0) is 4.79 Å². The molecular weight excluding hydrogens is 348 g/mol. The maximum atomic E-state index is 12.5. The van der Waals surface area contributed by atoms with Crippen molar-refractivity contribution in [2.75, 3.05) is 5.33 Å². The van der Waals surface area contributed by atoms with Crippen LogP contribution in [0.25, 0.3) is 0 Å². The Kier molecular flexibility index (Phi) is 4.44. The van der Waals surface area contributed by atoms with E-state index in [2.05, 4.69) is 29.8 Å². The molecule has 1 nitrogen and oxygen atoms in total. The van der Waals surface area contributed by atoms with Gasteiger partial charge in [0.2, 0.25) is 0 Å². The third-order valence-corrected chi connectivity index (χ3v) is 9.29. The van der Waals surface area contributed by atoms with Crippen LogP contribution < -0.4 is 0 Å². The second-order valence-corrected chi connectivity index (χ2v) is 10.2. The topological polar surface area (TPSA) is 17.1 Å². The fraction of sp³-hybridized carbons (Fsp3) is 0.952. The van der Waals surface area contributed by atoms with Crippen LogP contribution in [-0.4, -0.2) is 11.1 Å². The van der Waals surface area contributed by atoms with Gasteiger partial charge in [-0.2, -0.15) is 0 Å². The standard InChI is InChI=1S/C21H33BrO/c1-13-3-5-15-14(11-13)4-6-17-16(15)9-10-21(2)18(17)7-8-19(21)20(23)12-22/h13-19H,3-12H2,1-2H3/t13-,14?,15-,16?,17+,18-,19+,21-/m0/s1. The van der Waals surface area contributed by atoms with Crippen LogP contribution in [0.15, 0.2) is 0 Å². The maximum absolute atomic E-state index is 12.5. The Bertz CT molecular complexity index is 474. The molecule has 0 aliphatic heterocycles. The van der Waals surface area contributed by atoms with E-state index >= 15 is 0 Å². The van der Waals surface area contributed by atoms with Crippen molar-refractivity contribution in [1.29, 1.82) is 0 Å². The van der Waals surface area contributed by atoms with Crippen molar-refractivity contribution in [3.8, 4) is 0 Å². The van der Waals surface area contributed by atoms with Gasteiger partial charge in [-0.05, 0) is 92.3 Å². The first kappa shape index (κ1) is 16.6. The van der Waals surface area contributed by atoms with Gasteiger partial charge in [-0.1, -0.05) is 36.2 Å². The van der Waals surface area contributed by atoms with Gasteiger partial charge in [-0.25, -0.2) is 0 Å². The Morgan fingerprint density at radius 1 is 1.00 bits per heavy atom. The third-order valence-electron chi connectivity index (χ3n) is 8.74. The van der Waals surface area contributed by atoms with Crippen LogP contribution in [0, 0.1) is 46.8 Å². The van der Waals surface area contributed by atoms with Crippen molar-refractivity contribution in [3.05, 3.63) is 0 Å². The van der Waals surface area contributed by atoms with Crippen molar-refractivity contribution in [1.82, 2.24) is 0 Å². The molecule has 0 aromatic carbocycles. The molecule has 4 fully saturated rings. The smallest absolute Gasteiger partial charge is 0.147 e. The molecular formula is C21H33BrO. The van der Waals surface area contributed by atoms with Gasteiger partial charge in [-0.15, -0.1) is 0 Å². The molecule has 4 aliphatic carbocycles. The molecule has 2 heteroatoms. The average Bonchev–Trinajstić information content (AvgIpc) is 2.90. The van der Waals surface area contributed by atoms with E-state index in [0.29, 0.717) is 22.4 Å². The summed E-state index contributed by atoms with van der Waals surface area (Å²) in [7, 11) is 0. The van der Waals surface area contributed by atoms with Crippen molar-refractivity contribution >= 4 is 21.7 Å². The summed E-state index contributed by atoms with van der Waals surface area (Å²) in [5.41, 5.74) is 0.320. The van der Waals surface area contributed by atoms with Crippen molar-refractivity contribution < 1.29 is 4.79 Å². The number of hydrogen-bond acceptors (Lipinski definition) is 1. The molecule has 0 bridgehead atoms. The predicted octanol–water partition coefficient (Wildman–Crippen LogP) is 5.86. The molecule has 0 spiro atoms. The number of halogens is 1. The summed E-state index contributed by atoms with van der Waals surface area (Å²) in [6.45, 7) is 4.94. The highest BCUT2D eigenvalue weighted by Crippen LogP contribution is 2.64. The highest BCUT2D eigenvalue weighted by Gasteiger charge is 2.57. The van der Waals surface area contributed by atoms with Crippen molar-refractivity contribution in [2.24, 2.45) is 46.8 Å². The SMILES string of the molecule is C[C@H]1CC[C@H]2C(CC[C@@H]3C2CC[C@]2(C)[C@@H](C(=O)CBr)CC[C@@H]32)C1. The summed E-state index contributed by atoms with van der Waals surface area (Å²) >= 11 is 3.44. The first-order valence-corrected chi connectivity index (χ1v) is 11.3. The molecule has 0 aromatic rings. The lowest BCUT2D eigenvalue weighted by atomic mass is 9.49. The minimum atomic E-state index is 0.320. The first-order chi connectivity index (χ1) is 11.0. The van der Waals surface area contributed by atoms with Gasteiger partial charge in [0.15, 0.2) is 0 Å². The van der Waals surface area contributed by atoms with Crippen LogP contribution in [0.1, 0.15) is 71.6 Å². The highest BCUT2D eigenvalue weighted by molar-refractivity contribution is 9.09. The summed E-state index contributed by atoms with van der Waals surface area (Å²) < 4.78 is 0. The number of rotatable bonds is 2. The van der Waals surface area contributed by atoms with Gasteiger partial charge in [-0.3, -0.25) is 4.79 Å². The predicted molar refractivity (Wildman–Crippen MR) is 98.6 cm³/mol. The zero-order chi connectivity index (χ0) is 16.2. The molecule has 0 heterocycles. The average molecular weight is 381 g/mol. The second kappa shape index (κ2) is 6.15. The Balaban J connectivity index is 1.55. The molecule has 0 radical (unpaired) electrons. The van der Waals surface area contributed by atoms with Crippen LogP contribution in [0.4, 0.5) is 0 Å². The Morgan fingerprint density at radius 2 is 1.78 bits per heavy atom. The van der Waals surface area contributed by atoms with Crippen molar-refractivity contribution in [3.63, 3.8) is 0 Å². The lowest BCUT2D eigenvalue weighted by Crippen LogP contribution is -2.49. The number of fused-ring (bicyclic) bond motifs is 5. The number of carbonyl (C=O) groups excluding carboxylic acids is 1. The second-order valence-electron chi connectivity index (χ2n) is 9.63. The number of ketones is 1. The van der Waals surface area contributed by atoms with Crippen LogP contribution in [0.3, 0.4) is 0 Å². The fourth-order valence-electron chi connectivity index (χ4n) is 7.71. The van der Waals surface area contributed by atoms with E-state index in [1.54, 1.807) is 0 Å². The maximum Gasteiger partial charge on any atom is 0.147 e. The molecule has 4 aliphatic rings. The van der Waals surface area contributed by atoms with Crippen LogP contribution >= 0.6 is 15.9 Å². The van der Waals surface area contributed by atoms with Crippen LogP contribution in [0.5, 0.6) is 0 Å². The molecule has 0 aromatic heterocycles. The largest absolute Gasteiger partial charge is 0.298 e. The van der Waals surface area contributed by atoms with E-state index in [1.807, 2.05) is 0 Å². The third kappa shape index (κ3) is 2.57. The number of hydrogen-bond donors (Lipinski definition) is 0. The van der Waals surface area contributed by atoms with E-state index in [0.717, 1.165) is 35.5 Å². The zero-order valence-corrected chi connectivity index (χ0v) is 16.5. The van der Waals surface area contributed by atoms with Crippen LogP contribution in [0.2, 0.25) is 0 Å².